The Morgan fingerprint density at radius 1 is 0.981 bits per heavy atom. The van der Waals surface area contributed by atoms with Gasteiger partial charge in [0.1, 0.15) is 29.5 Å². The summed E-state index contributed by atoms with van der Waals surface area (Å²) in [5.74, 6) is -1.64. The van der Waals surface area contributed by atoms with E-state index in [1.807, 2.05) is 25.1 Å². The van der Waals surface area contributed by atoms with Crippen LogP contribution in [0.2, 0.25) is 0 Å². The van der Waals surface area contributed by atoms with Crippen molar-refractivity contribution >= 4 is 39.9 Å². The van der Waals surface area contributed by atoms with E-state index in [0.717, 1.165) is 49.0 Å². The molecule has 0 spiro atoms. The number of alkyl carbamates (subject to hydrolysis) is 1. The summed E-state index contributed by atoms with van der Waals surface area (Å²) in [6, 6.07) is 3.44. The number of benzene rings is 1. The maximum atomic E-state index is 14.5. The summed E-state index contributed by atoms with van der Waals surface area (Å²) in [5.41, 5.74) is -0.419. The van der Waals surface area contributed by atoms with Crippen molar-refractivity contribution < 1.29 is 46.6 Å². The molecule has 5 amide bonds. The molecule has 1 saturated heterocycles. The smallest absolute Gasteiger partial charge is 0.410 e. The second kappa shape index (κ2) is 16.0. The van der Waals surface area contributed by atoms with Crippen molar-refractivity contribution in [2.45, 2.75) is 140 Å². The molecule has 2 aliphatic carbocycles. The summed E-state index contributed by atoms with van der Waals surface area (Å²) in [6.07, 6.45) is 4.75. The standard InChI is InChI=1S/C38H55N5O10S/c1-5-25-20-38(25,34(46)41-54(49,50)27-15-16-27)40-32(44)29-19-26-22-43(29)33(45)31(37(2,3)4)39-35(47)52-18-11-9-7-6-8-10-17-51-30-14-12-13-24-21-42(23-28(24)30)36(48)53-26/h12-14,25-27,29,31H,5-11,15-23H2,1-4H3,(H,39,47)(H,40,44)(H,41,46)/t25-,26+,29?,31+,38-/m0/s1. The Hall–Kier alpha value is -4.08. The number of carbonyl (C=O) groups excluding carboxylic acids is 5. The van der Waals surface area contributed by atoms with Gasteiger partial charge in [-0.2, -0.15) is 0 Å². The molecule has 1 unspecified atom stereocenters. The van der Waals surface area contributed by atoms with Crippen molar-refractivity contribution in [1.29, 1.82) is 0 Å². The molecule has 3 fully saturated rings. The first-order chi connectivity index (χ1) is 25.6. The average molecular weight is 774 g/mol. The Morgan fingerprint density at radius 2 is 1.67 bits per heavy atom. The third-order valence-electron chi connectivity index (χ3n) is 11.3. The average Bonchev–Trinajstić information content (AvgIpc) is 4.00. The van der Waals surface area contributed by atoms with Gasteiger partial charge < -0.3 is 29.7 Å². The number of ether oxygens (including phenoxy) is 3. The van der Waals surface area contributed by atoms with Gasteiger partial charge in [0, 0.05) is 18.5 Å². The topological polar surface area (TPSA) is 190 Å². The molecule has 6 rings (SSSR count). The van der Waals surface area contributed by atoms with Crippen LogP contribution in [0.3, 0.4) is 0 Å². The fourth-order valence-corrected chi connectivity index (χ4v) is 9.14. The van der Waals surface area contributed by atoms with Gasteiger partial charge in [0.2, 0.25) is 21.8 Å². The van der Waals surface area contributed by atoms with E-state index in [0.29, 0.717) is 38.8 Å². The number of fused-ring (bicyclic) bond motifs is 3. The van der Waals surface area contributed by atoms with Crippen LogP contribution in [0, 0.1) is 11.3 Å². The number of nitrogens with zero attached hydrogens (tertiary/aromatic N) is 2. The number of carbonyl (C=O) groups is 5. The number of sulfonamides is 1. The Bertz CT molecular complexity index is 1730. The molecular formula is C38H55N5O10S. The highest BCUT2D eigenvalue weighted by Crippen LogP contribution is 2.47. The van der Waals surface area contributed by atoms with Gasteiger partial charge in [-0.1, -0.05) is 71.9 Å². The van der Waals surface area contributed by atoms with E-state index in [-0.39, 0.29) is 38.5 Å². The van der Waals surface area contributed by atoms with Crippen molar-refractivity contribution in [3.8, 4) is 5.75 Å². The minimum absolute atomic E-state index is 0.0748. The summed E-state index contributed by atoms with van der Waals surface area (Å²) < 4.78 is 45.2. The van der Waals surface area contributed by atoms with Gasteiger partial charge in [-0.25, -0.2) is 18.0 Å². The number of amides is 5. The van der Waals surface area contributed by atoms with Crippen molar-refractivity contribution in [3.63, 3.8) is 0 Å². The molecule has 0 radical (unpaired) electrons. The Kier molecular flexibility index (Phi) is 11.7. The van der Waals surface area contributed by atoms with Crippen LogP contribution in [-0.2, 0) is 47.0 Å². The van der Waals surface area contributed by atoms with Gasteiger partial charge in [-0.05, 0) is 55.1 Å². The van der Waals surface area contributed by atoms with Crippen LogP contribution in [0.15, 0.2) is 18.2 Å². The minimum atomic E-state index is -3.88. The summed E-state index contributed by atoms with van der Waals surface area (Å²) >= 11 is 0. The first-order valence-corrected chi connectivity index (χ1v) is 21.0. The number of nitrogens with one attached hydrogen (secondary N) is 3. The summed E-state index contributed by atoms with van der Waals surface area (Å²) in [4.78, 5) is 71.7. The first-order valence-electron chi connectivity index (χ1n) is 19.4. The molecule has 2 saturated carbocycles. The summed E-state index contributed by atoms with van der Waals surface area (Å²) in [6.45, 7) is 8.37. The normalized spacial score (nSPS) is 28.6. The van der Waals surface area contributed by atoms with Gasteiger partial charge in [0.05, 0.1) is 31.6 Å². The minimum Gasteiger partial charge on any atom is -0.493 e. The molecule has 1 aromatic carbocycles. The maximum absolute atomic E-state index is 14.5. The zero-order chi connectivity index (χ0) is 38.8. The molecule has 5 aliphatic rings. The second-order valence-corrected chi connectivity index (χ2v) is 18.5. The zero-order valence-corrected chi connectivity index (χ0v) is 32.6. The monoisotopic (exact) mass is 773 g/mol. The number of rotatable bonds is 6. The molecule has 3 aliphatic heterocycles. The lowest BCUT2D eigenvalue weighted by Gasteiger charge is -2.35. The van der Waals surface area contributed by atoms with Crippen LogP contribution in [0.25, 0.3) is 0 Å². The predicted octanol–water partition coefficient (Wildman–Crippen LogP) is 3.88. The van der Waals surface area contributed by atoms with Crippen LogP contribution < -0.4 is 20.1 Å². The Labute approximate surface area is 317 Å². The fourth-order valence-electron chi connectivity index (χ4n) is 7.78. The second-order valence-electron chi connectivity index (χ2n) is 16.5. The van der Waals surface area contributed by atoms with E-state index in [1.54, 1.807) is 25.7 Å². The third-order valence-corrected chi connectivity index (χ3v) is 13.1. The molecule has 3 heterocycles. The lowest BCUT2D eigenvalue weighted by Crippen LogP contribution is -2.60. The van der Waals surface area contributed by atoms with E-state index >= 15 is 0 Å². The van der Waals surface area contributed by atoms with Crippen LogP contribution in [-0.4, -0.2) is 96.9 Å². The highest BCUT2D eigenvalue weighted by atomic mass is 32.2. The van der Waals surface area contributed by atoms with Crippen LogP contribution in [0.4, 0.5) is 9.59 Å². The predicted molar refractivity (Wildman–Crippen MR) is 196 cm³/mol. The molecule has 3 N–H and O–H groups in total. The molecule has 298 valence electrons. The van der Waals surface area contributed by atoms with Gasteiger partial charge in [0.15, 0.2) is 0 Å². The molecule has 15 nitrogen and oxygen atoms in total. The van der Waals surface area contributed by atoms with Crippen LogP contribution in [0.1, 0.15) is 109 Å². The van der Waals surface area contributed by atoms with Gasteiger partial charge in [-0.3, -0.25) is 24.0 Å². The van der Waals surface area contributed by atoms with Gasteiger partial charge in [-0.15, -0.1) is 0 Å². The molecule has 0 aromatic heterocycles. The summed E-state index contributed by atoms with van der Waals surface area (Å²) in [5, 5.41) is 4.91. The largest absolute Gasteiger partial charge is 0.493 e. The highest BCUT2D eigenvalue weighted by Gasteiger charge is 2.62. The zero-order valence-electron chi connectivity index (χ0n) is 31.8. The van der Waals surface area contributed by atoms with E-state index in [2.05, 4.69) is 15.4 Å². The lowest BCUT2D eigenvalue weighted by molar-refractivity contribution is -0.143. The van der Waals surface area contributed by atoms with Gasteiger partial charge >= 0.3 is 12.2 Å². The number of cyclic esters (lactones) is 1. The van der Waals surface area contributed by atoms with Crippen LogP contribution >= 0.6 is 0 Å². The fraction of sp³-hybridized carbons (Fsp3) is 0.711. The van der Waals surface area contributed by atoms with E-state index in [9.17, 15) is 32.4 Å². The Morgan fingerprint density at radius 3 is 2.31 bits per heavy atom. The number of hydrogen-bond donors (Lipinski definition) is 3. The molecular weight excluding hydrogens is 719 g/mol. The molecule has 54 heavy (non-hydrogen) atoms. The van der Waals surface area contributed by atoms with Crippen molar-refractivity contribution in [2.24, 2.45) is 11.3 Å². The van der Waals surface area contributed by atoms with Crippen molar-refractivity contribution in [3.05, 3.63) is 29.3 Å². The SMILES string of the molecule is CC[C@H]1C[C@@]1(NC(=O)C1C[C@@H]2CN1C(=O)[C@H](C(C)(C)C)NC(=O)OCCCCCCCCOc1cccc3c1CN(C3)C(=O)O2)C(=O)NS(=O)(=O)C1CC1. The van der Waals surface area contributed by atoms with E-state index in [1.165, 1.54) is 4.90 Å². The highest BCUT2D eigenvalue weighted by molar-refractivity contribution is 7.91. The van der Waals surface area contributed by atoms with Gasteiger partial charge in [0.25, 0.3) is 5.91 Å². The van der Waals surface area contributed by atoms with E-state index in [4.69, 9.17) is 14.2 Å². The van der Waals surface area contributed by atoms with Crippen LogP contribution in [0.5, 0.6) is 5.75 Å². The molecule has 16 heteroatoms. The Balaban J connectivity index is 1.24. The lowest BCUT2D eigenvalue weighted by atomic mass is 9.85. The number of hydrogen-bond acceptors (Lipinski definition) is 10. The first kappa shape index (κ1) is 39.6. The quantitative estimate of drug-likeness (QED) is 0.383. The van der Waals surface area contributed by atoms with Crippen molar-refractivity contribution in [2.75, 3.05) is 19.8 Å². The summed E-state index contributed by atoms with van der Waals surface area (Å²) in [7, 11) is -3.88. The van der Waals surface area contributed by atoms with E-state index < -0.39 is 74.3 Å². The molecule has 4 bridgehead atoms. The maximum Gasteiger partial charge on any atom is 0.410 e. The van der Waals surface area contributed by atoms with Crippen molar-refractivity contribution in [1.82, 2.24) is 25.2 Å². The third kappa shape index (κ3) is 8.89. The molecule has 1 aromatic rings. The molecule has 5 atom stereocenters.